The van der Waals surface area contributed by atoms with E-state index in [0.29, 0.717) is 24.2 Å². The molecule has 0 saturated carbocycles. The molecule has 1 heterocycles. The molecule has 0 saturated heterocycles. The summed E-state index contributed by atoms with van der Waals surface area (Å²) < 4.78 is 16.5. The second-order valence-corrected chi connectivity index (χ2v) is 8.16. The third-order valence-electron chi connectivity index (χ3n) is 5.07. The zero-order valence-electron chi connectivity index (χ0n) is 17.2. The minimum Gasteiger partial charge on any atom is -0.351 e. The number of carbonyl (C=O) groups is 2. The van der Waals surface area contributed by atoms with E-state index in [4.69, 9.17) is 0 Å². The number of benzene rings is 3. The van der Waals surface area contributed by atoms with Crippen molar-refractivity contribution in [3.8, 4) is 0 Å². The molecule has 3 aromatic carbocycles. The number of aryl methyl sites for hydroxylation is 1. The highest BCUT2D eigenvalue weighted by molar-refractivity contribution is 9.10. The van der Waals surface area contributed by atoms with E-state index in [0.717, 1.165) is 21.3 Å². The highest BCUT2D eigenvalue weighted by Gasteiger charge is 2.13. The van der Waals surface area contributed by atoms with Gasteiger partial charge in [-0.2, -0.15) is 0 Å². The van der Waals surface area contributed by atoms with Crippen molar-refractivity contribution in [1.82, 2.24) is 14.9 Å². The summed E-state index contributed by atoms with van der Waals surface area (Å²) in [5.74, 6) is -0.452. The second-order valence-electron chi connectivity index (χ2n) is 7.24. The van der Waals surface area contributed by atoms with Crippen LogP contribution in [0.15, 0.2) is 71.2 Å². The highest BCUT2D eigenvalue weighted by atomic mass is 79.9. The number of hydrogen-bond donors (Lipinski definition) is 2. The molecule has 0 atom stereocenters. The van der Waals surface area contributed by atoms with Crippen LogP contribution in [0.4, 0.5) is 10.1 Å². The van der Waals surface area contributed by atoms with Crippen LogP contribution in [-0.4, -0.2) is 27.9 Å². The van der Waals surface area contributed by atoms with Crippen LogP contribution in [0.25, 0.3) is 11.0 Å². The van der Waals surface area contributed by atoms with Gasteiger partial charge < -0.3 is 15.2 Å². The minimum atomic E-state index is -0.551. The van der Waals surface area contributed by atoms with Gasteiger partial charge in [0.1, 0.15) is 11.6 Å². The summed E-state index contributed by atoms with van der Waals surface area (Å²) in [5.41, 5.74) is 2.84. The van der Waals surface area contributed by atoms with Gasteiger partial charge in [-0.05, 0) is 48.5 Å². The van der Waals surface area contributed by atoms with E-state index < -0.39 is 11.7 Å². The van der Waals surface area contributed by atoms with Gasteiger partial charge in [0, 0.05) is 35.7 Å². The number of rotatable bonds is 6. The van der Waals surface area contributed by atoms with Crippen molar-refractivity contribution >= 4 is 44.5 Å². The molecule has 8 heteroatoms. The van der Waals surface area contributed by atoms with Crippen LogP contribution in [0.1, 0.15) is 26.5 Å². The Balaban J connectivity index is 1.44. The molecule has 0 fully saturated rings. The van der Waals surface area contributed by atoms with Crippen molar-refractivity contribution < 1.29 is 14.0 Å². The summed E-state index contributed by atoms with van der Waals surface area (Å²) in [5, 5.41) is 5.61. The van der Waals surface area contributed by atoms with Crippen LogP contribution in [0.5, 0.6) is 0 Å². The molecule has 32 heavy (non-hydrogen) atoms. The first kappa shape index (κ1) is 21.7. The van der Waals surface area contributed by atoms with Crippen molar-refractivity contribution in [3.05, 3.63) is 94.0 Å². The fraction of sp³-hybridized carbons (Fsp3) is 0.125. The molecule has 0 aliphatic carbocycles. The van der Waals surface area contributed by atoms with Gasteiger partial charge >= 0.3 is 0 Å². The Labute approximate surface area is 192 Å². The number of carbonyl (C=O) groups excluding carboxylic acids is 2. The molecular weight excluding hydrogens is 475 g/mol. The van der Waals surface area contributed by atoms with Crippen LogP contribution in [0, 0.1) is 5.82 Å². The van der Waals surface area contributed by atoms with Crippen LogP contribution in [0.3, 0.4) is 0 Å². The number of imidazole rings is 1. The molecule has 0 spiro atoms. The summed E-state index contributed by atoms with van der Waals surface area (Å²) in [4.78, 5) is 29.3. The fourth-order valence-electron chi connectivity index (χ4n) is 3.41. The Morgan fingerprint density at radius 3 is 2.62 bits per heavy atom. The number of nitrogens with one attached hydrogen (secondary N) is 2. The van der Waals surface area contributed by atoms with Crippen molar-refractivity contribution in [2.45, 2.75) is 6.42 Å². The minimum absolute atomic E-state index is 0.0170. The second kappa shape index (κ2) is 9.32. The summed E-state index contributed by atoms with van der Waals surface area (Å²) in [6.45, 7) is 0.316. The summed E-state index contributed by atoms with van der Waals surface area (Å²) in [7, 11) is 1.89. The monoisotopic (exact) mass is 494 g/mol. The Morgan fingerprint density at radius 1 is 1.03 bits per heavy atom. The predicted octanol–water partition coefficient (Wildman–Crippen LogP) is 4.70. The summed E-state index contributed by atoms with van der Waals surface area (Å²) in [6.07, 6.45) is 0.477. The topological polar surface area (TPSA) is 76.0 Å². The van der Waals surface area contributed by atoms with E-state index in [1.54, 1.807) is 30.3 Å². The van der Waals surface area contributed by atoms with E-state index in [1.807, 2.05) is 35.9 Å². The Kier molecular flexibility index (Phi) is 6.32. The lowest BCUT2D eigenvalue weighted by Crippen LogP contribution is -2.27. The van der Waals surface area contributed by atoms with Crippen LogP contribution < -0.4 is 10.6 Å². The van der Waals surface area contributed by atoms with Gasteiger partial charge in [-0.1, -0.05) is 34.1 Å². The van der Waals surface area contributed by atoms with E-state index in [-0.39, 0.29) is 11.5 Å². The van der Waals surface area contributed by atoms with Crippen molar-refractivity contribution in [1.29, 1.82) is 0 Å². The number of hydrogen-bond acceptors (Lipinski definition) is 3. The van der Waals surface area contributed by atoms with Gasteiger partial charge in [-0.15, -0.1) is 0 Å². The molecule has 0 aliphatic heterocycles. The third kappa shape index (κ3) is 4.70. The van der Waals surface area contributed by atoms with Gasteiger partial charge in [0.15, 0.2) is 0 Å². The summed E-state index contributed by atoms with van der Waals surface area (Å²) in [6, 6.07) is 18.6. The Bertz CT molecular complexity index is 1320. The molecule has 1 aromatic heterocycles. The lowest BCUT2D eigenvalue weighted by Gasteiger charge is -2.07. The Hall–Kier alpha value is -3.52. The van der Waals surface area contributed by atoms with Crippen molar-refractivity contribution in [2.24, 2.45) is 7.05 Å². The maximum Gasteiger partial charge on any atom is 0.255 e. The lowest BCUT2D eigenvalue weighted by atomic mass is 10.2. The zero-order chi connectivity index (χ0) is 22.7. The van der Waals surface area contributed by atoms with Crippen molar-refractivity contribution in [2.75, 3.05) is 11.9 Å². The fourth-order valence-corrected chi connectivity index (χ4v) is 3.81. The molecule has 0 bridgehead atoms. The SMILES string of the molecule is Cn1c(CCNC(=O)c2ccccc2F)nc2cc(NC(=O)c3cccc(Br)c3)ccc21. The quantitative estimate of drug-likeness (QED) is 0.407. The number of nitrogens with zero attached hydrogens (tertiary/aromatic N) is 2. The highest BCUT2D eigenvalue weighted by Crippen LogP contribution is 2.21. The van der Waals surface area contributed by atoms with Gasteiger partial charge in [0.2, 0.25) is 0 Å². The third-order valence-corrected chi connectivity index (χ3v) is 5.56. The number of fused-ring (bicyclic) bond motifs is 1. The first-order valence-corrected chi connectivity index (χ1v) is 10.8. The lowest BCUT2D eigenvalue weighted by molar-refractivity contribution is 0.0949. The smallest absolute Gasteiger partial charge is 0.255 e. The molecule has 0 radical (unpaired) electrons. The number of halogens is 2. The average Bonchev–Trinajstić information content (AvgIpc) is 3.08. The van der Waals surface area contributed by atoms with E-state index in [1.165, 1.54) is 12.1 Å². The zero-order valence-corrected chi connectivity index (χ0v) is 18.8. The van der Waals surface area contributed by atoms with E-state index in [9.17, 15) is 14.0 Å². The summed E-state index contributed by atoms with van der Waals surface area (Å²) >= 11 is 3.37. The molecule has 2 N–H and O–H groups in total. The molecule has 4 rings (SSSR count). The van der Waals surface area contributed by atoms with Crippen LogP contribution in [-0.2, 0) is 13.5 Å². The average molecular weight is 495 g/mol. The van der Waals surface area contributed by atoms with Gasteiger partial charge in [0.25, 0.3) is 11.8 Å². The van der Waals surface area contributed by atoms with Crippen LogP contribution >= 0.6 is 15.9 Å². The standard InChI is InChI=1S/C24H20BrFN4O2/c1-30-21-10-9-17(28-23(31)15-5-4-6-16(25)13-15)14-20(21)29-22(30)11-12-27-24(32)18-7-2-3-8-19(18)26/h2-10,13-14H,11-12H2,1H3,(H,27,32)(H,28,31). The molecule has 6 nitrogen and oxygen atoms in total. The van der Waals surface area contributed by atoms with Gasteiger partial charge in [0.05, 0.1) is 16.6 Å². The van der Waals surface area contributed by atoms with E-state index >= 15 is 0 Å². The normalized spacial score (nSPS) is 10.8. The molecular formula is C24H20BrFN4O2. The van der Waals surface area contributed by atoms with Crippen LogP contribution in [0.2, 0.25) is 0 Å². The maximum atomic E-state index is 13.7. The molecule has 162 valence electrons. The van der Waals surface area contributed by atoms with Crippen molar-refractivity contribution in [3.63, 3.8) is 0 Å². The van der Waals surface area contributed by atoms with E-state index in [2.05, 4.69) is 31.5 Å². The molecule has 4 aromatic rings. The number of amides is 2. The van der Waals surface area contributed by atoms with Gasteiger partial charge in [-0.25, -0.2) is 9.37 Å². The predicted molar refractivity (Wildman–Crippen MR) is 125 cm³/mol. The Morgan fingerprint density at radius 2 is 1.84 bits per heavy atom. The van der Waals surface area contributed by atoms with Gasteiger partial charge in [-0.3, -0.25) is 9.59 Å². The number of aromatic nitrogens is 2. The first-order chi connectivity index (χ1) is 15.4. The molecule has 2 amide bonds. The molecule has 0 unspecified atom stereocenters. The largest absolute Gasteiger partial charge is 0.351 e. The first-order valence-electron chi connectivity index (χ1n) is 9.97. The maximum absolute atomic E-state index is 13.7. The number of anilines is 1. The molecule has 0 aliphatic rings.